The second-order valence-electron chi connectivity index (χ2n) is 7.66. The summed E-state index contributed by atoms with van der Waals surface area (Å²) in [4.78, 5) is 0.171. The van der Waals surface area contributed by atoms with Crippen LogP contribution in [0, 0.1) is 0 Å². The molecule has 0 rings (SSSR count). The van der Waals surface area contributed by atoms with Crippen molar-refractivity contribution in [1.29, 1.82) is 0 Å². The zero-order valence-corrected chi connectivity index (χ0v) is 19.8. The summed E-state index contributed by atoms with van der Waals surface area (Å²) < 4.78 is 2.85. The van der Waals surface area contributed by atoms with Crippen molar-refractivity contribution in [3.63, 3.8) is 0 Å². The molecule has 2 unspecified atom stereocenters. The van der Waals surface area contributed by atoms with Gasteiger partial charge >= 0.3 is 0 Å². The van der Waals surface area contributed by atoms with E-state index in [0.29, 0.717) is 6.04 Å². The topological polar surface area (TPSA) is 3.24 Å². The second-order valence-corrected chi connectivity index (χ2v) is 26.1. The molecule has 0 aliphatic rings. The van der Waals surface area contributed by atoms with Crippen LogP contribution in [0.15, 0.2) is 0 Å². The summed E-state index contributed by atoms with van der Waals surface area (Å²) in [6.45, 7) is 16.8. The molecule has 0 heterocycles. The zero-order valence-electron chi connectivity index (χ0n) is 14.4. The van der Waals surface area contributed by atoms with Crippen LogP contribution in [0.1, 0.15) is 26.7 Å². The Morgan fingerprint density at radius 3 is 1.55 bits per heavy atom. The Labute approximate surface area is 144 Å². The number of nitrogens with zero attached hydrogens (tertiary/aromatic N) is 1. The number of halogens is 2. The third-order valence-corrected chi connectivity index (χ3v) is 18.8. The van der Waals surface area contributed by atoms with Gasteiger partial charge in [-0.3, -0.25) is 0 Å². The highest BCUT2D eigenvalue weighted by Crippen LogP contribution is 2.36. The van der Waals surface area contributed by atoms with Crippen LogP contribution in [0.5, 0.6) is 0 Å². The summed E-state index contributed by atoms with van der Waals surface area (Å²) in [5, 5.41) is 0. The average molecular weight is 391 g/mol. The van der Waals surface area contributed by atoms with Gasteiger partial charge < -0.3 is 4.23 Å². The van der Waals surface area contributed by atoms with Crippen molar-refractivity contribution in [3.05, 3.63) is 0 Å². The van der Waals surface area contributed by atoms with E-state index in [0.717, 1.165) is 18.9 Å². The highest BCUT2D eigenvalue weighted by Gasteiger charge is 2.44. The van der Waals surface area contributed by atoms with E-state index >= 15 is 0 Å². The van der Waals surface area contributed by atoms with E-state index in [1.54, 1.807) is 0 Å². The molecule has 1 nitrogen and oxygen atoms in total. The van der Waals surface area contributed by atoms with Gasteiger partial charge in [-0.05, 0) is 24.9 Å². The molecule has 0 saturated carbocycles. The van der Waals surface area contributed by atoms with E-state index in [4.69, 9.17) is 22.2 Å². The SMILES string of the molecule is CCC(C[Si](Cl)(Cl)C(S)CC)N([Si](C)(C)C)[Si](C)(C)C. The highest BCUT2D eigenvalue weighted by molar-refractivity contribution is 7.85. The number of rotatable bonds is 8. The molecule has 0 radical (unpaired) electrons. The standard InChI is InChI=1S/C13H33Cl2NSSi3/c1-9-12(11-20(14,15)13(17)10-2)16(18(3,4)5)19(6,7)8/h12-13,17H,9-11H2,1-8H3. The van der Waals surface area contributed by atoms with Crippen molar-refractivity contribution in [1.82, 2.24) is 4.23 Å². The lowest BCUT2D eigenvalue weighted by Crippen LogP contribution is -2.64. The normalized spacial score (nSPS) is 17.4. The molecule has 0 fully saturated rings. The molecule has 0 aliphatic carbocycles. The first kappa shape index (κ1) is 21.5. The summed E-state index contributed by atoms with van der Waals surface area (Å²) in [5.41, 5.74) is 0. The zero-order chi connectivity index (χ0) is 16.4. The monoisotopic (exact) mass is 389 g/mol. The van der Waals surface area contributed by atoms with Gasteiger partial charge in [0.1, 0.15) is 16.5 Å². The maximum Gasteiger partial charge on any atom is 0.265 e. The maximum absolute atomic E-state index is 6.74. The molecular formula is C13H33Cl2NSSi3. The van der Waals surface area contributed by atoms with Gasteiger partial charge in [0.05, 0.1) is 0 Å². The van der Waals surface area contributed by atoms with Crippen LogP contribution in [-0.4, -0.2) is 38.3 Å². The summed E-state index contributed by atoms with van der Waals surface area (Å²) in [6, 6.07) is 1.47. The van der Waals surface area contributed by atoms with Crippen molar-refractivity contribution >= 4 is 58.0 Å². The van der Waals surface area contributed by atoms with Crippen molar-refractivity contribution < 1.29 is 0 Å². The molecule has 0 N–H and O–H groups in total. The average Bonchev–Trinajstić information content (AvgIpc) is 2.22. The van der Waals surface area contributed by atoms with Crippen LogP contribution >= 0.6 is 34.8 Å². The van der Waals surface area contributed by atoms with E-state index < -0.39 is 23.2 Å². The van der Waals surface area contributed by atoms with Crippen molar-refractivity contribution in [2.45, 2.75) is 82.9 Å². The van der Waals surface area contributed by atoms with Crippen LogP contribution in [0.4, 0.5) is 0 Å². The second kappa shape index (κ2) is 7.88. The fraction of sp³-hybridized carbons (Fsp3) is 1.00. The van der Waals surface area contributed by atoms with Crippen molar-refractivity contribution in [3.8, 4) is 0 Å². The molecule has 0 bridgehead atoms. The van der Waals surface area contributed by atoms with Gasteiger partial charge in [0, 0.05) is 4.87 Å². The Morgan fingerprint density at radius 2 is 1.30 bits per heavy atom. The third kappa shape index (κ3) is 6.34. The lowest BCUT2D eigenvalue weighted by Gasteiger charge is -2.50. The first-order valence-corrected chi connectivity index (χ1v) is 19.3. The molecule has 0 aromatic rings. The fourth-order valence-electron chi connectivity index (χ4n) is 3.27. The van der Waals surface area contributed by atoms with Gasteiger partial charge in [-0.2, -0.15) is 12.6 Å². The van der Waals surface area contributed by atoms with E-state index in [2.05, 4.69) is 70.0 Å². The summed E-state index contributed by atoms with van der Waals surface area (Å²) in [7, 11) is -2.75. The molecule has 0 saturated heterocycles. The Balaban J connectivity index is 5.32. The van der Waals surface area contributed by atoms with Gasteiger partial charge in [0.15, 0.2) is 0 Å². The molecule has 0 aromatic heterocycles. The fourth-order valence-corrected chi connectivity index (χ4v) is 18.7. The van der Waals surface area contributed by atoms with E-state index in [1.807, 2.05) is 0 Å². The van der Waals surface area contributed by atoms with Gasteiger partial charge in [-0.1, -0.05) is 53.1 Å². The minimum atomic E-state index is -2.30. The lowest BCUT2D eigenvalue weighted by molar-refractivity contribution is 0.456. The van der Waals surface area contributed by atoms with Crippen LogP contribution in [-0.2, 0) is 0 Å². The third-order valence-electron chi connectivity index (χ3n) is 3.66. The Kier molecular flexibility index (Phi) is 8.49. The maximum atomic E-state index is 6.74. The molecule has 0 aromatic carbocycles. The number of hydrogen-bond donors (Lipinski definition) is 1. The smallest absolute Gasteiger partial charge is 0.265 e. The van der Waals surface area contributed by atoms with Crippen LogP contribution in [0.25, 0.3) is 0 Å². The van der Waals surface area contributed by atoms with Crippen LogP contribution in [0.3, 0.4) is 0 Å². The molecule has 122 valence electrons. The van der Waals surface area contributed by atoms with Gasteiger partial charge in [-0.25, -0.2) is 0 Å². The minimum Gasteiger partial charge on any atom is -0.343 e. The number of hydrogen-bond acceptors (Lipinski definition) is 2. The molecule has 2 atom stereocenters. The first-order chi connectivity index (χ1) is 8.77. The molecule has 0 aliphatic heterocycles. The minimum absolute atomic E-state index is 0.171. The van der Waals surface area contributed by atoms with E-state index in [-0.39, 0.29) is 4.87 Å². The quantitative estimate of drug-likeness (QED) is 0.306. The Morgan fingerprint density at radius 1 is 0.900 bits per heavy atom. The van der Waals surface area contributed by atoms with E-state index in [1.165, 1.54) is 0 Å². The predicted molar refractivity (Wildman–Crippen MR) is 108 cm³/mol. The van der Waals surface area contributed by atoms with Crippen LogP contribution in [0.2, 0.25) is 45.3 Å². The molecule has 0 spiro atoms. The Hall–Kier alpha value is 1.54. The van der Waals surface area contributed by atoms with Crippen molar-refractivity contribution in [2.24, 2.45) is 0 Å². The molecular weight excluding hydrogens is 357 g/mol. The van der Waals surface area contributed by atoms with E-state index in [9.17, 15) is 0 Å². The number of thiol groups is 1. The van der Waals surface area contributed by atoms with Crippen LogP contribution < -0.4 is 0 Å². The molecule has 7 heteroatoms. The highest BCUT2D eigenvalue weighted by atomic mass is 35.7. The largest absolute Gasteiger partial charge is 0.343 e. The summed E-state index contributed by atoms with van der Waals surface area (Å²) in [6.07, 6.45) is 2.09. The first-order valence-electron chi connectivity index (χ1n) is 7.62. The van der Waals surface area contributed by atoms with Gasteiger partial charge in [0.25, 0.3) is 6.69 Å². The van der Waals surface area contributed by atoms with Gasteiger partial charge in [-0.15, -0.1) is 22.2 Å². The molecule has 0 amide bonds. The van der Waals surface area contributed by atoms with Crippen molar-refractivity contribution in [2.75, 3.05) is 0 Å². The lowest BCUT2D eigenvalue weighted by atomic mass is 10.3. The predicted octanol–water partition coefficient (Wildman–Crippen LogP) is 5.90. The van der Waals surface area contributed by atoms with Gasteiger partial charge in [0.2, 0.25) is 0 Å². The molecule has 20 heavy (non-hydrogen) atoms. The summed E-state index contributed by atoms with van der Waals surface area (Å²) >= 11 is 18.1. The summed E-state index contributed by atoms with van der Waals surface area (Å²) in [5.74, 6) is 0. The Bertz CT molecular complexity index is 289.